The van der Waals surface area contributed by atoms with Crippen LogP contribution in [0.2, 0.25) is 0 Å². The molecular weight excluding hydrogens is 468 g/mol. The predicted molar refractivity (Wildman–Crippen MR) is 94.9 cm³/mol. The summed E-state index contributed by atoms with van der Waals surface area (Å²) in [6, 6.07) is 8.66. The van der Waals surface area contributed by atoms with Crippen molar-refractivity contribution in [2.75, 3.05) is 18.2 Å². The average Bonchev–Trinajstić information content (AvgIpc) is 2.44. The average molecular weight is 479 g/mol. The Kier molecular flexibility index (Phi) is 5.29. The van der Waals surface area contributed by atoms with E-state index in [0.29, 0.717) is 22.7 Å². The maximum absolute atomic E-state index is 12.3. The minimum absolute atomic E-state index is 0.293. The number of nitrogens with one attached hydrogen (secondary N) is 1. The predicted octanol–water partition coefficient (Wildman–Crippen LogP) is 4.82. The highest BCUT2D eigenvalue weighted by Crippen LogP contribution is 2.35. The summed E-state index contributed by atoms with van der Waals surface area (Å²) in [7, 11) is 1.56. The van der Waals surface area contributed by atoms with Crippen LogP contribution in [-0.4, -0.2) is 13.0 Å². The molecule has 0 aliphatic rings. The van der Waals surface area contributed by atoms with Crippen molar-refractivity contribution in [1.29, 1.82) is 0 Å². The molecule has 7 heteroatoms. The van der Waals surface area contributed by atoms with E-state index < -0.39 is 0 Å². The largest absolute Gasteiger partial charge is 0.495 e. The first kappa shape index (κ1) is 16.3. The van der Waals surface area contributed by atoms with Gasteiger partial charge in [0.1, 0.15) is 5.75 Å². The number of benzene rings is 2. The highest BCUT2D eigenvalue weighted by molar-refractivity contribution is 9.11. The third kappa shape index (κ3) is 3.78. The van der Waals surface area contributed by atoms with Gasteiger partial charge in [0.05, 0.1) is 22.8 Å². The third-order valence-electron chi connectivity index (χ3n) is 2.75. The number of amides is 1. The molecule has 2 rings (SSSR count). The highest BCUT2D eigenvalue weighted by atomic mass is 79.9. The number of methoxy groups -OCH3 is 1. The number of hydrogen-bond acceptors (Lipinski definition) is 3. The Morgan fingerprint density at radius 3 is 2.52 bits per heavy atom. The van der Waals surface area contributed by atoms with Crippen molar-refractivity contribution in [1.82, 2.24) is 0 Å². The first-order valence-electron chi connectivity index (χ1n) is 5.81. The lowest BCUT2D eigenvalue weighted by atomic mass is 10.1. The van der Waals surface area contributed by atoms with Gasteiger partial charge in [0.25, 0.3) is 5.91 Å². The minimum Gasteiger partial charge on any atom is -0.495 e. The van der Waals surface area contributed by atoms with Gasteiger partial charge in [-0.05, 0) is 56.1 Å². The van der Waals surface area contributed by atoms with E-state index in [1.54, 1.807) is 37.4 Å². The van der Waals surface area contributed by atoms with E-state index in [1.165, 1.54) is 0 Å². The van der Waals surface area contributed by atoms with Gasteiger partial charge in [-0.15, -0.1) is 0 Å². The minimum atomic E-state index is -0.293. The van der Waals surface area contributed by atoms with E-state index in [-0.39, 0.29) is 5.91 Å². The zero-order valence-corrected chi connectivity index (χ0v) is 15.7. The number of rotatable bonds is 3. The summed E-state index contributed by atoms with van der Waals surface area (Å²) in [6.45, 7) is 0. The van der Waals surface area contributed by atoms with E-state index >= 15 is 0 Å². The van der Waals surface area contributed by atoms with Crippen molar-refractivity contribution in [3.63, 3.8) is 0 Å². The van der Waals surface area contributed by atoms with Gasteiger partial charge in [-0.25, -0.2) is 0 Å². The fourth-order valence-electron chi connectivity index (χ4n) is 1.70. The van der Waals surface area contributed by atoms with Crippen LogP contribution in [0.3, 0.4) is 0 Å². The van der Waals surface area contributed by atoms with Gasteiger partial charge in [0.15, 0.2) is 0 Å². The number of nitrogen functional groups attached to an aromatic ring is 1. The molecule has 0 spiro atoms. The van der Waals surface area contributed by atoms with Crippen molar-refractivity contribution in [3.05, 3.63) is 49.3 Å². The van der Waals surface area contributed by atoms with Crippen LogP contribution in [0, 0.1) is 0 Å². The lowest BCUT2D eigenvalue weighted by Crippen LogP contribution is -2.14. The molecule has 0 saturated heterocycles. The molecule has 0 aliphatic carbocycles. The molecule has 2 aromatic carbocycles. The molecule has 0 heterocycles. The van der Waals surface area contributed by atoms with Crippen molar-refractivity contribution >= 4 is 65.1 Å². The fourth-order valence-corrected chi connectivity index (χ4v) is 3.31. The Hall–Kier alpha value is -1.05. The molecule has 0 aliphatic heterocycles. The van der Waals surface area contributed by atoms with Crippen molar-refractivity contribution in [2.45, 2.75) is 0 Å². The fraction of sp³-hybridized carbons (Fsp3) is 0.0714. The van der Waals surface area contributed by atoms with E-state index in [2.05, 4.69) is 53.1 Å². The second-order valence-electron chi connectivity index (χ2n) is 4.15. The van der Waals surface area contributed by atoms with E-state index in [9.17, 15) is 4.79 Å². The van der Waals surface area contributed by atoms with Crippen LogP contribution < -0.4 is 15.8 Å². The molecule has 21 heavy (non-hydrogen) atoms. The van der Waals surface area contributed by atoms with Crippen LogP contribution in [0.1, 0.15) is 10.4 Å². The number of nitrogens with two attached hydrogens (primary N) is 1. The second-order valence-corrected chi connectivity index (χ2v) is 6.78. The van der Waals surface area contributed by atoms with Gasteiger partial charge in [0, 0.05) is 20.7 Å². The summed E-state index contributed by atoms with van der Waals surface area (Å²) in [6.07, 6.45) is 0. The summed E-state index contributed by atoms with van der Waals surface area (Å²) in [5.41, 5.74) is 7.25. The number of anilines is 2. The van der Waals surface area contributed by atoms with Gasteiger partial charge < -0.3 is 15.8 Å². The molecule has 0 fully saturated rings. The summed E-state index contributed by atoms with van der Waals surface area (Å²) in [5, 5.41) is 2.81. The van der Waals surface area contributed by atoms with Crippen LogP contribution in [0.4, 0.5) is 11.4 Å². The number of hydrogen-bond donors (Lipinski definition) is 2. The molecule has 0 saturated carbocycles. The summed E-state index contributed by atoms with van der Waals surface area (Å²) < 4.78 is 7.53. The maximum Gasteiger partial charge on any atom is 0.257 e. The molecule has 0 unspecified atom stereocenters. The first-order valence-corrected chi connectivity index (χ1v) is 8.19. The molecule has 1 amide bonds. The molecule has 0 atom stereocenters. The number of ether oxygens (including phenoxy) is 1. The van der Waals surface area contributed by atoms with Gasteiger partial charge in [0.2, 0.25) is 0 Å². The summed E-state index contributed by atoms with van der Waals surface area (Å²) in [5.74, 6) is 0.328. The Labute approximate surface area is 147 Å². The summed E-state index contributed by atoms with van der Waals surface area (Å²) in [4.78, 5) is 12.3. The highest BCUT2D eigenvalue weighted by Gasteiger charge is 2.14. The van der Waals surface area contributed by atoms with Crippen LogP contribution in [0.25, 0.3) is 0 Å². The van der Waals surface area contributed by atoms with E-state index in [4.69, 9.17) is 10.5 Å². The molecule has 0 aromatic heterocycles. The van der Waals surface area contributed by atoms with Crippen LogP contribution in [0.5, 0.6) is 5.75 Å². The number of halogens is 3. The van der Waals surface area contributed by atoms with Gasteiger partial charge in [-0.1, -0.05) is 15.9 Å². The van der Waals surface area contributed by atoms with Crippen LogP contribution in [-0.2, 0) is 0 Å². The normalized spacial score (nSPS) is 10.3. The Bertz CT molecular complexity index is 705. The van der Waals surface area contributed by atoms with Crippen molar-refractivity contribution < 1.29 is 9.53 Å². The molecule has 0 radical (unpaired) electrons. The van der Waals surface area contributed by atoms with Crippen LogP contribution in [0.15, 0.2) is 43.7 Å². The van der Waals surface area contributed by atoms with E-state index in [1.807, 2.05) is 0 Å². The van der Waals surface area contributed by atoms with E-state index in [0.717, 1.165) is 13.4 Å². The molecule has 110 valence electrons. The zero-order valence-electron chi connectivity index (χ0n) is 10.9. The Morgan fingerprint density at radius 2 is 1.86 bits per heavy atom. The second kappa shape index (κ2) is 6.81. The first-order chi connectivity index (χ1) is 9.92. The van der Waals surface area contributed by atoms with Gasteiger partial charge in [-0.3, -0.25) is 4.79 Å². The van der Waals surface area contributed by atoms with Gasteiger partial charge in [-0.2, -0.15) is 0 Å². The smallest absolute Gasteiger partial charge is 0.257 e. The third-order valence-corrected chi connectivity index (χ3v) is 4.52. The Morgan fingerprint density at radius 1 is 1.14 bits per heavy atom. The lowest BCUT2D eigenvalue weighted by molar-refractivity contribution is 0.102. The maximum atomic E-state index is 12.3. The Balaban J connectivity index is 2.33. The lowest BCUT2D eigenvalue weighted by Gasteiger charge is -2.12. The summed E-state index contributed by atoms with van der Waals surface area (Å²) >= 11 is 10.1. The SMILES string of the molecule is COc1cc(NC(=O)c2cc(Br)ccc2N)c(Br)cc1Br. The topological polar surface area (TPSA) is 64.3 Å². The standard InChI is InChI=1S/C14H11Br3N2O2/c1-21-13-6-12(9(16)5-10(13)17)19-14(20)8-4-7(15)2-3-11(8)18/h2-6H,18H2,1H3,(H,19,20). The molecule has 0 bridgehead atoms. The van der Waals surface area contributed by atoms with Crippen molar-refractivity contribution in [2.24, 2.45) is 0 Å². The molecule has 2 aromatic rings. The zero-order chi connectivity index (χ0) is 15.6. The molecule has 4 nitrogen and oxygen atoms in total. The number of carbonyl (C=O) groups is 1. The quantitative estimate of drug-likeness (QED) is 0.622. The molecular formula is C14H11Br3N2O2. The van der Waals surface area contributed by atoms with Gasteiger partial charge >= 0.3 is 0 Å². The number of carbonyl (C=O) groups excluding carboxylic acids is 1. The van der Waals surface area contributed by atoms with Crippen LogP contribution >= 0.6 is 47.8 Å². The van der Waals surface area contributed by atoms with Crippen molar-refractivity contribution in [3.8, 4) is 5.75 Å². The monoisotopic (exact) mass is 476 g/mol. The molecule has 3 N–H and O–H groups in total.